The van der Waals surface area contributed by atoms with E-state index in [4.69, 9.17) is 10.5 Å². The quantitative estimate of drug-likeness (QED) is 0.886. The molecular weight excluding hydrogens is 236 g/mol. The third-order valence-corrected chi connectivity index (χ3v) is 4.17. The second-order valence-corrected chi connectivity index (χ2v) is 5.44. The molecule has 0 spiro atoms. The normalized spacial score (nSPS) is 22.2. The van der Waals surface area contributed by atoms with Crippen LogP contribution in [-0.4, -0.2) is 31.1 Å². The zero-order chi connectivity index (χ0) is 13.7. The zero-order valence-corrected chi connectivity index (χ0v) is 12.1. The Kier molecular flexibility index (Phi) is 5.23. The number of rotatable bonds is 5. The molecule has 2 rings (SSSR count). The SMILES string of the molecule is CCC1CCCCN1CC(N)c1cccc(OC)c1. The molecule has 106 valence electrons. The van der Waals surface area contributed by atoms with Crippen molar-refractivity contribution in [3.63, 3.8) is 0 Å². The van der Waals surface area contributed by atoms with Crippen LogP contribution in [0.1, 0.15) is 44.2 Å². The molecule has 0 aromatic heterocycles. The van der Waals surface area contributed by atoms with Gasteiger partial charge in [0, 0.05) is 18.6 Å². The summed E-state index contributed by atoms with van der Waals surface area (Å²) < 4.78 is 5.27. The molecule has 1 aromatic rings. The zero-order valence-electron chi connectivity index (χ0n) is 12.1. The summed E-state index contributed by atoms with van der Waals surface area (Å²) in [5, 5.41) is 0. The summed E-state index contributed by atoms with van der Waals surface area (Å²) in [6, 6.07) is 8.91. The van der Waals surface area contributed by atoms with Gasteiger partial charge >= 0.3 is 0 Å². The van der Waals surface area contributed by atoms with Crippen molar-refractivity contribution < 1.29 is 4.74 Å². The lowest BCUT2D eigenvalue weighted by Crippen LogP contribution is -2.42. The summed E-state index contributed by atoms with van der Waals surface area (Å²) in [6.45, 7) is 4.42. The molecule has 19 heavy (non-hydrogen) atoms. The number of piperidine rings is 1. The van der Waals surface area contributed by atoms with Crippen LogP contribution in [0.4, 0.5) is 0 Å². The standard InChI is InChI=1S/C16H26N2O/c1-3-14-8-4-5-10-18(14)12-16(17)13-7-6-9-15(11-13)19-2/h6-7,9,11,14,16H,3-5,8,10,12,17H2,1-2H3. The van der Waals surface area contributed by atoms with Crippen LogP contribution in [0.15, 0.2) is 24.3 Å². The van der Waals surface area contributed by atoms with Crippen LogP contribution in [0.5, 0.6) is 5.75 Å². The third kappa shape index (κ3) is 3.71. The molecule has 2 N–H and O–H groups in total. The molecule has 3 nitrogen and oxygen atoms in total. The first-order valence-corrected chi connectivity index (χ1v) is 7.38. The number of hydrogen-bond donors (Lipinski definition) is 1. The van der Waals surface area contributed by atoms with Crippen LogP contribution in [-0.2, 0) is 0 Å². The average Bonchev–Trinajstić information content (AvgIpc) is 2.47. The Morgan fingerprint density at radius 3 is 3.00 bits per heavy atom. The third-order valence-electron chi connectivity index (χ3n) is 4.17. The molecule has 0 saturated carbocycles. The number of likely N-dealkylation sites (tertiary alicyclic amines) is 1. The Labute approximate surface area is 116 Å². The first-order chi connectivity index (χ1) is 9.24. The number of nitrogens with two attached hydrogens (primary N) is 1. The molecule has 1 heterocycles. The molecule has 1 aromatic carbocycles. The summed E-state index contributed by atoms with van der Waals surface area (Å²) in [5.74, 6) is 0.888. The van der Waals surface area contributed by atoms with Crippen molar-refractivity contribution in [1.82, 2.24) is 4.90 Å². The van der Waals surface area contributed by atoms with Gasteiger partial charge < -0.3 is 10.5 Å². The van der Waals surface area contributed by atoms with Gasteiger partial charge in [-0.15, -0.1) is 0 Å². The number of methoxy groups -OCH3 is 1. The van der Waals surface area contributed by atoms with Gasteiger partial charge in [0.05, 0.1) is 7.11 Å². The smallest absolute Gasteiger partial charge is 0.119 e. The maximum absolute atomic E-state index is 6.37. The van der Waals surface area contributed by atoms with E-state index in [1.807, 2.05) is 12.1 Å². The summed E-state index contributed by atoms with van der Waals surface area (Å²) in [7, 11) is 1.70. The van der Waals surface area contributed by atoms with Crippen LogP contribution in [0.25, 0.3) is 0 Å². The minimum atomic E-state index is 0.0715. The monoisotopic (exact) mass is 262 g/mol. The van der Waals surface area contributed by atoms with Crippen molar-refractivity contribution >= 4 is 0 Å². The van der Waals surface area contributed by atoms with E-state index in [-0.39, 0.29) is 6.04 Å². The first-order valence-electron chi connectivity index (χ1n) is 7.38. The lowest BCUT2D eigenvalue weighted by molar-refractivity contribution is 0.135. The van der Waals surface area contributed by atoms with Gasteiger partial charge in [0.25, 0.3) is 0 Å². The molecule has 1 fully saturated rings. The van der Waals surface area contributed by atoms with E-state index in [1.165, 1.54) is 37.8 Å². The molecule has 1 aliphatic heterocycles. The van der Waals surface area contributed by atoms with Gasteiger partial charge in [-0.05, 0) is 43.5 Å². The van der Waals surface area contributed by atoms with E-state index in [2.05, 4.69) is 24.0 Å². The summed E-state index contributed by atoms with van der Waals surface area (Å²) >= 11 is 0. The molecule has 2 unspecified atom stereocenters. The second kappa shape index (κ2) is 6.92. The van der Waals surface area contributed by atoms with Gasteiger partial charge in [-0.25, -0.2) is 0 Å². The van der Waals surface area contributed by atoms with E-state index < -0.39 is 0 Å². The predicted molar refractivity (Wildman–Crippen MR) is 79.4 cm³/mol. The number of ether oxygens (including phenoxy) is 1. The first kappa shape index (κ1) is 14.4. The average molecular weight is 262 g/mol. The highest BCUT2D eigenvalue weighted by atomic mass is 16.5. The molecule has 0 aliphatic carbocycles. The van der Waals surface area contributed by atoms with Gasteiger partial charge in [0.2, 0.25) is 0 Å². The van der Waals surface area contributed by atoms with E-state index >= 15 is 0 Å². The van der Waals surface area contributed by atoms with Crippen molar-refractivity contribution in [2.24, 2.45) is 5.73 Å². The Bertz CT molecular complexity index is 394. The fourth-order valence-corrected chi connectivity index (χ4v) is 2.99. The van der Waals surface area contributed by atoms with Crippen molar-refractivity contribution in [2.45, 2.75) is 44.7 Å². The largest absolute Gasteiger partial charge is 0.497 e. The Morgan fingerprint density at radius 1 is 1.42 bits per heavy atom. The predicted octanol–water partition coefficient (Wildman–Crippen LogP) is 2.96. The molecule has 0 bridgehead atoms. The summed E-state index contributed by atoms with van der Waals surface area (Å²) in [5.41, 5.74) is 7.54. The molecule has 1 saturated heterocycles. The van der Waals surface area contributed by atoms with E-state index in [1.54, 1.807) is 7.11 Å². The number of hydrogen-bond acceptors (Lipinski definition) is 3. The molecule has 0 radical (unpaired) electrons. The van der Waals surface area contributed by atoms with E-state index in [0.29, 0.717) is 6.04 Å². The summed E-state index contributed by atoms with van der Waals surface area (Å²) in [6.07, 6.45) is 5.22. The van der Waals surface area contributed by atoms with Crippen molar-refractivity contribution in [3.8, 4) is 5.75 Å². The van der Waals surface area contributed by atoms with E-state index in [0.717, 1.165) is 12.3 Å². The lowest BCUT2D eigenvalue weighted by atomic mass is 9.98. The number of benzene rings is 1. The highest BCUT2D eigenvalue weighted by Gasteiger charge is 2.22. The summed E-state index contributed by atoms with van der Waals surface area (Å²) in [4.78, 5) is 2.56. The second-order valence-electron chi connectivity index (χ2n) is 5.44. The van der Waals surface area contributed by atoms with Crippen LogP contribution < -0.4 is 10.5 Å². The minimum Gasteiger partial charge on any atom is -0.497 e. The minimum absolute atomic E-state index is 0.0715. The highest BCUT2D eigenvalue weighted by Crippen LogP contribution is 2.23. The molecular formula is C16H26N2O. The lowest BCUT2D eigenvalue weighted by Gasteiger charge is -2.36. The topological polar surface area (TPSA) is 38.5 Å². The number of nitrogens with zero attached hydrogens (tertiary/aromatic N) is 1. The Balaban J connectivity index is 2.00. The fraction of sp³-hybridized carbons (Fsp3) is 0.625. The van der Waals surface area contributed by atoms with Gasteiger partial charge in [0.1, 0.15) is 5.75 Å². The molecule has 1 aliphatic rings. The van der Waals surface area contributed by atoms with Gasteiger partial charge in [-0.1, -0.05) is 25.5 Å². The highest BCUT2D eigenvalue weighted by molar-refractivity contribution is 5.30. The maximum Gasteiger partial charge on any atom is 0.119 e. The van der Waals surface area contributed by atoms with Crippen molar-refractivity contribution in [3.05, 3.63) is 29.8 Å². The van der Waals surface area contributed by atoms with E-state index in [9.17, 15) is 0 Å². The van der Waals surface area contributed by atoms with Crippen LogP contribution in [0.3, 0.4) is 0 Å². The van der Waals surface area contributed by atoms with Crippen LogP contribution in [0.2, 0.25) is 0 Å². The fourth-order valence-electron chi connectivity index (χ4n) is 2.99. The van der Waals surface area contributed by atoms with Gasteiger partial charge in [-0.3, -0.25) is 4.90 Å². The van der Waals surface area contributed by atoms with Crippen molar-refractivity contribution in [2.75, 3.05) is 20.2 Å². The Morgan fingerprint density at radius 2 is 2.26 bits per heavy atom. The molecule has 2 atom stereocenters. The van der Waals surface area contributed by atoms with Gasteiger partial charge in [0.15, 0.2) is 0 Å². The molecule has 3 heteroatoms. The maximum atomic E-state index is 6.37. The van der Waals surface area contributed by atoms with Crippen LogP contribution >= 0.6 is 0 Å². The van der Waals surface area contributed by atoms with Gasteiger partial charge in [-0.2, -0.15) is 0 Å². The van der Waals surface area contributed by atoms with Crippen LogP contribution in [0, 0.1) is 0 Å². The Hall–Kier alpha value is -1.06. The van der Waals surface area contributed by atoms with Crippen molar-refractivity contribution in [1.29, 1.82) is 0 Å². The molecule has 0 amide bonds.